The number of aliphatic hydroxyl groups excluding tert-OH is 1. The minimum Gasteiger partial charge on any atom is -0.480 e. The van der Waals surface area contributed by atoms with Gasteiger partial charge in [-0.05, 0) is 31.6 Å². The SMILES string of the molecule is CC(C)CN(CC(=O)O)C(=O)NC1CCC(O)CC1. The highest BCUT2D eigenvalue weighted by atomic mass is 16.4. The molecule has 2 amide bonds. The summed E-state index contributed by atoms with van der Waals surface area (Å²) in [5.74, 6) is -0.784. The second kappa shape index (κ2) is 7.33. The predicted octanol–water partition coefficient (Wildman–Crippen LogP) is 1.04. The number of hydrogen-bond donors (Lipinski definition) is 3. The van der Waals surface area contributed by atoms with E-state index in [1.54, 1.807) is 0 Å². The molecule has 0 radical (unpaired) electrons. The number of carboxylic acids is 1. The van der Waals surface area contributed by atoms with Crippen LogP contribution in [0.25, 0.3) is 0 Å². The normalized spacial score (nSPS) is 23.2. The standard InChI is InChI=1S/C13H24N2O4/c1-9(2)7-15(8-12(17)18)13(19)14-10-3-5-11(16)6-4-10/h9-11,16H,3-8H2,1-2H3,(H,14,19)(H,17,18). The zero-order chi connectivity index (χ0) is 14.4. The summed E-state index contributed by atoms with van der Waals surface area (Å²) in [6, 6.07) is -0.281. The van der Waals surface area contributed by atoms with Crippen LogP contribution >= 0.6 is 0 Å². The molecule has 1 aliphatic carbocycles. The zero-order valence-corrected chi connectivity index (χ0v) is 11.6. The molecular formula is C13H24N2O4. The maximum absolute atomic E-state index is 12.1. The van der Waals surface area contributed by atoms with Crippen molar-refractivity contribution in [3.05, 3.63) is 0 Å². The lowest BCUT2D eigenvalue weighted by Crippen LogP contribution is -2.49. The Balaban J connectivity index is 2.48. The fraction of sp³-hybridized carbons (Fsp3) is 0.846. The van der Waals surface area contributed by atoms with E-state index < -0.39 is 5.97 Å². The maximum Gasteiger partial charge on any atom is 0.323 e. The lowest BCUT2D eigenvalue weighted by molar-refractivity contribution is -0.137. The first-order valence-corrected chi connectivity index (χ1v) is 6.83. The summed E-state index contributed by atoms with van der Waals surface area (Å²) in [6.07, 6.45) is 2.60. The van der Waals surface area contributed by atoms with Crippen LogP contribution in [0, 0.1) is 5.92 Å². The lowest BCUT2D eigenvalue weighted by Gasteiger charge is -2.30. The molecule has 0 saturated heterocycles. The summed E-state index contributed by atoms with van der Waals surface area (Å²) in [6.45, 7) is 4.03. The number of carboxylic acid groups (broad SMARTS) is 1. The molecule has 0 aromatic heterocycles. The highest BCUT2D eigenvalue weighted by Crippen LogP contribution is 2.18. The molecule has 0 bridgehead atoms. The van der Waals surface area contributed by atoms with Crippen LogP contribution in [0.3, 0.4) is 0 Å². The molecule has 1 fully saturated rings. The minimum atomic E-state index is -1.00. The largest absolute Gasteiger partial charge is 0.480 e. The molecule has 3 N–H and O–H groups in total. The van der Waals surface area contributed by atoms with Crippen LogP contribution in [0.1, 0.15) is 39.5 Å². The molecule has 0 heterocycles. The molecular weight excluding hydrogens is 248 g/mol. The van der Waals surface area contributed by atoms with Crippen LogP contribution in [0.5, 0.6) is 0 Å². The van der Waals surface area contributed by atoms with Crippen LogP contribution in [-0.2, 0) is 4.79 Å². The van der Waals surface area contributed by atoms with Crippen LogP contribution in [0.15, 0.2) is 0 Å². The van der Waals surface area contributed by atoms with Crippen LogP contribution < -0.4 is 5.32 Å². The molecule has 19 heavy (non-hydrogen) atoms. The number of nitrogens with zero attached hydrogens (tertiary/aromatic N) is 1. The number of amides is 2. The fourth-order valence-electron chi connectivity index (χ4n) is 2.31. The molecule has 0 aromatic carbocycles. The van der Waals surface area contributed by atoms with Crippen molar-refractivity contribution < 1.29 is 19.8 Å². The van der Waals surface area contributed by atoms with Gasteiger partial charge in [0.15, 0.2) is 0 Å². The van der Waals surface area contributed by atoms with Crippen LogP contribution in [0.4, 0.5) is 4.79 Å². The van der Waals surface area contributed by atoms with Crippen molar-refractivity contribution in [1.82, 2.24) is 10.2 Å². The van der Waals surface area contributed by atoms with E-state index in [0.29, 0.717) is 19.4 Å². The molecule has 0 unspecified atom stereocenters. The Kier molecular flexibility index (Phi) is 6.08. The fourth-order valence-corrected chi connectivity index (χ4v) is 2.31. The van der Waals surface area contributed by atoms with Crippen molar-refractivity contribution in [1.29, 1.82) is 0 Å². The summed E-state index contributed by atoms with van der Waals surface area (Å²) < 4.78 is 0. The van der Waals surface area contributed by atoms with E-state index >= 15 is 0 Å². The number of rotatable bonds is 5. The van der Waals surface area contributed by atoms with E-state index in [-0.39, 0.29) is 30.6 Å². The summed E-state index contributed by atoms with van der Waals surface area (Å²) in [7, 11) is 0. The predicted molar refractivity (Wildman–Crippen MR) is 70.8 cm³/mol. The Morgan fingerprint density at radius 3 is 2.32 bits per heavy atom. The third-order valence-electron chi connectivity index (χ3n) is 3.22. The highest BCUT2D eigenvalue weighted by Gasteiger charge is 2.24. The molecule has 6 heteroatoms. The summed E-state index contributed by atoms with van der Waals surface area (Å²) >= 11 is 0. The molecule has 0 aromatic rings. The van der Waals surface area contributed by atoms with Crippen molar-refractivity contribution in [2.24, 2.45) is 5.92 Å². The Morgan fingerprint density at radius 2 is 1.84 bits per heavy atom. The Labute approximate surface area is 113 Å². The molecule has 1 saturated carbocycles. The molecule has 6 nitrogen and oxygen atoms in total. The van der Waals surface area contributed by atoms with Gasteiger partial charge in [-0.1, -0.05) is 13.8 Å². The van der Waals surface area contributed by atoms with Crippen molar-refractivity contribution >= 4 is 12.0 Å². The second-order valence-electron chi connectivity index (χ2n) is 5.62. The van der Waals surface area contributed by atoms with Gasteiger partial charge in [0.25, 0.3) is 0 Å². The van der Waals surface area contributed by atoms with E-state index in [0.717, 1.165) is 12.8 Å². The number of aliphatic hydroxyl groups is 1. The van der Waals surface area contributed by atoms with Crippen molar-refractivity contribution in [2.45, 2.75) is 51.7 Å². The molecule has 0 spiro atoms. The third kappa shape index (κ3) is 5.92. The molecule has 0 aliphatic heterocycles. The molecule has 1 aliphatic rings. The van der Waals surface area contributed by atoms with Gasteiger partial charge in [-0.15, -0.1) is 0 Å². The van der Waals surface area contributed by atoms with Gasteiger partial charge in [0.1, 0.15) is 6.54 Å². The topological polar surface area (TPSA) is 89.9 Å². The first kappa shape index (κ1) is 15.8. The van der Waals surface area contributed by atoms with Gasteiger partial charge in [0, 0.05) is 12.6 Å². The second-order valence-corrected chi connectivity index (χ2v) is 5.62. The number of aliphatic carboxylic acids is 1. The van der Waals surface area contributed by atoms with Gasteiger partial charge >= 0.3 is 12.0 Å². The van der Waals surface area contributed by atoms with E-state index in [1.165, 1.54) is 4.90 Å². The average Bonchev–Trinajstić information content (AvgIpc) is 2.30. The Bertz CT molecular complexity index is 312. The van der Waals surface area contributed by atoms with Gasteiger partial charge in [0.2, 0.25) is 0 Å². The number of hydrogen-bond acceptors (Lipinski definition) is 3. The van der Waals surface area contributed by atoms with Gasteiger partial charge in [-0.3, -0.25) is 4.79 Å². The van der Waals surface area contributed by atoms with Gasteiger partial charge in [-0.25, -0.2) is 4.79 Å². The van der Waals surface area contributed by atoms with Crippen molar-refractivity contribution in [3.63, 3.8) is 0 Å². The number of carbonyl (C=O) groups is 2. The smallest absolute Gasteiger partial charge is 0.323 e. The third-order valence-corrected chi connectivity index (χ3v) is 3.22. The quantitative estimate of drug-likeness (QED) is 0.697. The van der Waals surface area contributed by atoms with Gasteiger partial charge < -0.3 is 20.4 Å². The number of carbonyl (C=O) groups excluding carboxylic acids is 1. The van der Waals surface area contributed by atoms with E-state index in [2.05, 4.69) is 5.32 Å². The Morgan fingerprint density at radius 1 is 1.26 bits per heavy atom. The average molecular weight is 272 g/mol. The molecule has 0 atom stereocenters. The summed E-state index contributed by atoms with van der Waals surface area (Å²) in [5.41, 5.74) is 0. The van der Waals surface area contributed by atoms with Crippen molar-refractivity contribution in [3.8, 4) is 0 Å². The maximum atomic E-state index is 12.1. The minimum absolute atomic E-state index is 0.0411. The number of nitrogens with one attached hydrogen (secondary N) is 1. The van der Waals surface area contributed by atoms with E-state index in [1.807, 2.05) is 13.8 Å². The van der Waals surface area contributed by atoms with Gasteiger partial charge in [-0.2, -0.15) is 0 Å². The molecule has 1 rings (SSSR count). The monoisotopic (exact) mass is 272 g/mol. The van der Waals surface area contributed by atoms with Crippen LogP contribution in [-0.4, -0.2) is 52.3 Å². The molecule has 110 valence electrons. The summed E-state index contributed by atoms with van der Waals surface area (Å²) in [5, 5.41) is 21.1. The number of urea groups is 1. The van der Waals surface area contributed by atoms with Crippen molar-refractivity contribution in [2.75, 3.05) is 13.1 Å². The summed E-state index contributed by atoms with van der Waals surface area (Å²) in [4.78, 5) is 24.2. The first-order chi connectivity index (χ1) is 8.88. The first-order valence-electron chi connectivity index (χ1n) is 6.83. The Hall–Kier alpha value is -1.30. The van der Waals surface area contributed by atoms with E-state index in [4.69, 9.17) is 5.11 Å². The van der Waals surface area contributed by atoms with Gasteiger partial charge in [0.05, 0.1) is 6.10 Å². The van der Waals surface area contributed by atoms with E-state index in [9.17, 15) is 14.7 Å². The van der Waals surface area contributed by atoms with Crippen LogP contribution in [0.2, 0.25) is 0 Å². The lowest BCUT2D eigenvalue weighted by atomic mass is 9.93. The highest BCUT2D eigenvalue weighted by molar-refractivity contribution is 5.80. The zero-order valence-electron chi connectivity index (χ0n) is 11.6.